The van der Waals surface area contributed by atoms with Crippen LogP contribution in [-0.2, 0) is 27.2 Å². The molecule has 10 heteroatoms. The summed E-state index contributed by atoms with van der Waals surface area (Å²) in [5.74, 6) is -3.08. The van der Waals surface area contributed by atoms with Crippen LogP contribution in [0, 0.1) is 0 Å². The predicted octanol–water partition coefficient (Wildman–Crippen LogP) is -0.477. The zero-order valence-electron chi connectivity index (χ0n) is 15.9. The molecular formula is C19H25N5O5. The minimum atomic E-state index is -1.35. The third-order valence-corrected chi connectivity index (χ3v) is 4.44. The van der Waals surface area contributed by atoms with Gasteiger partial charge in [-0.15, -0.1) is 0 Å². The molecule has 156 valence electrons. The number of carboxylic acids is 2. The first-order chi connectivity index (χ1) is 13.8. The number of H-pyrrole nitrogens is 1. The molecule has 1 amide bonds. The number of carboxylic acid groups (broad SMARTS) is 2. The number of rotatable bonds is 11. The summed E-state index contributed by atoms with van der Waals surface area (Å²) < 4.78 is 0. The Kier molecular flexibility index (Phi) is 7.87. The Morgan fingerprint density at radius 3 is 2.38 bits per heavy atom. The molecule has 29 heavy (non-hydrogen) atoms. The van der Waals surface area contributed by atoms with E-state index in [1.807, 2.05) is 30.3 Å². The third-order valence-electron chi connectivity index (χ3n) is 4.44. The molecule has 7 N–H and O–H groups in total. The van der Waals surface area contributed by atoms with E-state index in [1.165, 1.54) is 19.4 Å². The second-order valence-electron chi connectivity index (χ2n) is 6.75. The number of nitrogens with one attached hydrogen (secondary N) is 3. The Morgan fingerprint density at radius 1 is 1.14 bits per heavy atom. The van der Waals surface area contributed by atoms with E-state index in [0.717, 1.165) is 5.56 Å². The number of amides is 1. The highest BCUT2D eigenvalue weighted by atomic mass is 16.4. The second-order valence-corrected chi connectivity index (χ2v) is 6.75. The number of aromatic nitrogens is 2. The molecule has 0 aliphatic heterocycles. The molecule has 0 fully saturated rings. The van der Waals surface area contributed by atoms with E-state index >= 15 is 0 Å². The van der Waals surface area contributed by atoms with Gasteiger partial charge >= 0.3 is 11.9 Å². The molecule has 0 radical (unpaired) electrons. The van der Waals surface area contributed by atoms with Gasteiger partial charge in [-0.25, -0.2) is 9.78 Å². The zero-order valence-corrected chi connectivity index (χ0v) is 15.9. The van der Waals surface area contributed by atoms with Gasteiger partial charge in [0.25, 0.3) is 0 Å². The van der Waals surface area contributed by atoms with Gasteiger partial charge in [-0.3, -0.25) is 14.9 Å². The van der Waals surface area contributed by atoms with Crippen LogP contribution in [0.5, 0.6) is 0 Å². The Labute approximate surface area is 167 Å². The quantitative estimate of drug-likeness (QED) is 0.292. The highest BCUT2D eigenvalue weighted by Gasteiger charge is 2.31. The van der Waals surface area contributed by atoms with Crippen molar-refractivity contribution in [3.8, 4) is 0 Å². The number of aliphatic carboxylic acids is 2. The van der Waals surface area contributed by atoms with Crippen molar-refractivity contribution in [2.45, 2.75) is 43.9 Å². The first kappa shape index (κ1) is 22.1. The average Bonchev–Trinajstić information content (AvgIpc) is 3.18. The van der Waals surface area contributed by atoms with Crippen molar-refractivity contribution < 1.29 is 24.6 Å². The van der Waals surface area contributed by atoms with Crippen LogP contribution in [-0.4, -0.2) is 62.2 Å². The maximum atomic E-state index is 12.4. The van der Waals surface area contributed by atoms with Crippen molar-refractivity contribution in [1.29, 1.82) is 0 Å². The lowest BCUT2D eigenvalue weighted by Crippen LogP contribution is -2.59. The molecule has 0 saturated heterocycles. The Morgan fingerprint density at radius 2 is 1.83 bits per heavy atom. The van der Waals surface area contributed by atoms with Gasteiger partial charge < -0.3 is 26.2 Å². The molecule has 1 aromatic carbocycles. The zero-order chi connectivity index (χ0) is 21.4. The number of carbonyl (C=O) groups excluding carboxylic acids is 1. The molecule has 0 bridgehead atoms. The number of aromatic amines is 1. The summed E-state index contributed by atoms with van der Waals surface area (Å²) in [5.41, 5.74) is 7.33. The first-order valence-electron chi connectivity index (χ1n) is 9.06. The van der Waals surface area contributed by atoms with Gasteiger partial charge in [-0.1, -0.05) is 30.3 Å². The van der Waals surface area contributed by atoms with Gasteiger partial charge in [0.2, 0.25) is 5.91 Å². The fourth-order valence-electron chi connectivity index (χ4n) is 2.87. The number of benzene rings is 1. The monoisotopic (exact) mass is 403 g/mol. The molecule has 0 aliphatic rings. The molecular weight excluding hydrogens is 378 g/mol. The van der Waals surface area contributed by atoms with Crippen LogP contribution in [0.4, 0.5) is 0 Å². The fourth-order valence-corrected chi connectivity index (χ4v) is 2.87. The molecule has 0 spiro atoms. The molecule has 0 unspecified atom stereocenters. The van der Waals surface area contributed by atoms with Crippen molar-refractivity contribution >= 4 is 17.8 Å². The Hall–Kier alpha value is -3.24. The van der Waals surface area contributed by atoms with E-state index in [4.69, 9.17) is 5.73 Å². The summed E-state index contributed by atoms with van der Waals surface area (Å²) in [6.45, 7) is 1.49. The molecule has 1 heterocycles. The van der Waals surface area contributed by atoms with Gasteiger partial charge in [0, 0.05) is 24.4 Å². The lowest BCUT2D eigenvalue weighted by atomic mass is 10.0. The van der Waals surface area contributed by atoms with E-state index < -0.39 is 42.0 Å². The van der Waals surface area contributed by atoms with E-state index in [-0.39, 0.29) is 12.8 Å². The number of imidazole rings is 1. The van der Waals surface area contributed by atoms with Gasteiger partial charge in [-0.2, -0.15) is 0 Å². The average molecular weight is 403 g/mol. The SMILES string of the molecule is C[C@@H](N[C@@H](Cc1cnc[nH]1)C(=O)O)[C@H](NC(=O)[C@@H](N)Cc1ccccc1)C(=O)O. The highest BCUT2D eigenvalue weighted by Crippen LogP contribution is 2.05. The molecule has 0 saturated carbocycles. The highest BCUT2D eigenvalue weighted by molar-refractivity contribution is 5.87. The van der Waals surface area contributed by atoms with Gasteiger partial charge in [0.05, 0.1) is 12.4 Å². The van der Waals surface area contributed by atoms with Crippen LogP contribution in [0.1, 0.15) is 18.2 Å². The normalized spacial score (nSPS) is 15.1. The smallest absolute Gasteiger partial charge is 0.327 e. The van der Waals surface area contributed by atoms with Gasteiger partial charge in [0.15, 0.2) is 0 Å². The fraction of sp³-hybridized carbons (Fsp3) is 0.368. The third kappa shape index (κ3) is 6.70. The summed E-state index contributed by atoms with van der Waals surface area (Å²) in [5, 5.41) is 24.1. The van der Waals surface area contributed by atoms with Crippen LogP contribution >= 0.6 is 0 Å². The standard InChI is InChI=1S/C19H25N5O5/c1-11(23-15(18(26)27)8-13-9-21-10-22-13)16(19(28)29)24-17(25)14(20)7-12-5-3-2-4-6-12/h2-6,9-11,14-16,23H,7-8,20H2,1H3,(H,21,22)(H,24,25)(H,26,27)(H,28,29)/t11-,14+,15+,16+/m1/s1. The summed E-state index contributed by atoms with van der Waals surface area (Å²) >= 11 is 0. The molecule has 4 atom stereocenters. The molecule has 1 aromatic heterocycles. The molecule has 2 aromatic rings. The Bertz CT molecular complexity index is 812. The largest absolute Gasteiger partial charge is 0.480 e. The van der Waals surface area contributed by atoms with Crippen LogP contribution < -0.4 is 16.4 Å². The van der Waals surface area contributed by atoms with Crippen molar-refractivity contribution in [2.24, 2.45) is 5.73 Å². The number of nitrogens with zero attached hydrogens (tertiary/aromatic N) is 1. The number of hydrogen-bond acceptors (Lipinski definition) is 6. The summed E-state index contributed by atoms with van der Waals surface area (Å²) in [7, 11) is 0. The lowest BCUT2D eigenvalue weighted by Gasteiger charge is -2.26. The van der Waals surface area contributed by atoms with Crippen molar-refractivity contribution in [1.82, 2.24) is 20.6 Å². The summed E-state index contributed by atoms with van der Waals surface area (Å²) in [6, 6.07) is 4.88. The molecule has 2 rings (SSSR count). The maximum absolute atomic E-state index is 12.4. The first-order valence-corrected chi connectivity index (χ1v) is 9.06. The molecule has 10 nitrogen and oxygen atoms in total. The van der Waals surface area contributed by atoms with E-state index in [9.17, 15) is 24.6 Å². The number of hydrogen-bond donors (Lipinski definition) is 6. The minimum Gasteiger partial charge on any atom is -0.480 e. The second kappa shape index (κ2) is 10.3. The van der Waals surface area contributed by atoms with Gasteiger partial charge in [0.1, 0.15) is 12.1 Å². The Balaban J connectivity index is 2.00. The van der Waals surface area contributed by atoms with Crippen molar-refractivity contribution in [3.05, 3.63) is 54.1 Å². The maximum Gasteiger partial charge on any atom is 0.327 e. The topological polar surface area (TPSA) is 170 Å². The number of carbonyl (C=O) groups is 3. The van der Waals surface area contributed by atoms with Crippen LogP contribution in [0.25, 0.3) is 0 Å². The lowest BCUT2D eigenvalue weighted by molar-refractivity contribution is -0.144. The van der Waals surface area contributed by atoms with E-state index in [0.29, 0.717) is 5.69 Å². The predicted molar refractivity (Wildman–Crippen MR) is 104 cm³/mol. The van der Waals surface area contributed by atoms with Crippen LogP contribution in [0.15, 0.2) is 42.9 Å². The minimum absolute atomic E-state index is 0.0769. The van der Waals surface area contributed by atoms with E-state index in [1.54, 1.807) is 0 Å². The van der Waals surface area contributed by atoms with E-state index in [2.05, 4.69) is 20.6 Å². The van der Waals surface area contributed by atoms with Crippen molar-refractivity contribution in [2.75, 3.05) is 0 Å². The summed E-state index contributed by atoms with van der Waals surface area (Å²) in [4.78, 5) is 42.2. The van der Waals surface area contributed by atoms with Gasteiger partial charge in [-0.05, 0) is 18.9 Å². The van der Waals surface area contributed by atoms with Crippen LogP contribution in [0.3, 0.4) is 0 Å². The number of nitrogens with two attached hydrogens (primary N) is 1. The van der Waals surface area contributed by atoms with Crippen LogP contribution in [0.2, 0.25) is 0 Å². The summed E-state index contributed by atoms with van der Waals surface area (Å²) in [6.07, 6.45) is 3.24. The molecule has 0 aliphatic carbocycles. The van der Waals surface area contributed by atoms with Crippen molar-refractivity contribution in [3.63, 3.8) is 0 Å².